The van der Waals surface area contributed by atoms with Crippen LogP contribution in [0.25, 0.3) is 0 Å². The summed E-state index contributed by atoms with van der Waals surface area (Å²) in [5.41, 5.74) is 0. The molecule has 2 atom stereocenters. The maximum absolute atomic E-state index is 2.47. The highest BCUT2D eigenvalue weighted by atomic mass is 14.1. The van der Waals surface area contributed by atoms with Crippen LogP contribution in [0.2, 0.25) is 0 Å². The van der Waals surface area contributed by atoms with E-state index in [1.54, 1.807) is 0 Å². The van der Waals surface area contributed by atoms with Crippen LogP contribution in [0.4, 0.5) is 0 Å². The van der Waals surface area contributed by atoms with Gasteiger partial charge in [0, 0.05) is 0 Å². The molecule has 0 aliphatic carbocycles. The van der Waals surface area contributed by atoms with Gasteiger partial charge in [-0.3, -0.25) is 0 Å². The van der Waals surface area contributed by atoms with Gasteiger partial charge in [-0.25, -0.2) is 0 Å². The summed E-state index contributed by atoms with van der Waals surface area (Å²) in [7, 11) is 0. The molecule has 134 valence electrons. The fourth-order valence-electron chi connectivity index (χ4n) is 3.31. The van der Waals surface area contributed by atoms with Crippen molar-refractivity contribution in [1.82, 2.24) is 0 Å². The monoisotopic (exact) mass is 310 g/mol. The van der Waals surface area contributed by atoms with E-state index in [1.807, 2.05) is 0 Å². The minimum Gasteiger partial charge on any atom is -0.0654 e. The van der Waals surface area contributed by atoms with Crippen LogP contribution in [0.5, 0.6) is 0 Å². The van der Waals surface area contributed by atoms with E-state index in [-0.39, 0.29) is 0 Å². The van der Waals surface area contributed by atoms with Gasteiger partial charge in [0.15, 0.2) is 0 Å². The fraction of sp³-hybridized carbons (Fsp3) is 1.00. The lowest BCUT2D eigenvalue weighted by Crippen LogP contribution is -1.96. The Kier molecular flexibility index (Phi) is 17.4. The first-order valence-corrected chi connectivity index (χ1v) is 10.7. The molecule has 0 nitrogen and oxygen atoms in total. The Hall–Kier alpha value is 0. The molecular formula is C22H46. The van der Waals surface area contributed by atoms with Crippen molar-refractivity contribution < 1.29 is 0 Å². The van der Waals surface area contributed by atoms with E-state index >= 15 is 0 Å². The van der Waals surface area contributed by atoms with Crippen LogP contribution in [0.15, 0.2) is 0 Å². The predicted octanol–water partition coefficient (Wildman–Crippen LogP) is 8.54. The number of unbranched alkanes of at least 4 members (excludes halogenated alkanes) is 10. The Labute approximate surface area is 142 Å². The molecule has 0 spiro atoms. The summed E-state index contributed by atoms with van der Waals surface area (Å²) in [4.78, 5) is 0. The summed E-state index contributed by atoms with van der Waals surface area (Å²) in [5.74, 6) is 1.91. The summed E-state index contributed by atoms with van der Waals surface area (Å²) in [5, 5.41) is 0. The molecule has 0 amide bonds. The topological polar surface area (TPSA) is 0 Å². The van der Waals surface area contributed by atoms with Gasteiger partial charge in [0.25, 0.3) is 0 Å². The summed E-state index contributed by atoms with van der Waals surface area (Å²) < 4.78 is 0. The molecule has 0 bridgehead atoms. The zero-order chi connectivity index (χ0) is 16.5. The third-order valence-corrected chi connectivity index (χ3v) is 5.39. The van der Waals surface area contributed by atoms with Gasteiger partial charge in [0.1, 0.15) is 0 Å². The molecule has 0 saturated carbocycles. The summed E-state index contributed by atoms with van der Waals surface area (Å²) in [6.07, 6.45) is 23.3. The third-order valence-electron chi connectivity index (χ3n) is 5.39. The van der Waals surface area contributed by atoms with Crippen molar-refractivity contribution >= 4 is 0 Å². The van der Waals surface area contributed by atoms with Gasteiger partial charge in [-0.1, -0.05) is 130 Å². The van der Waals surface area contributed by atoms with Gasteiger partial charge in [-0.15, -0.1) is 0 Å². The fourth-order valence-corrected chi connectivity index (χ4v) is 3.31. The van der Waals surface area contributed by atoms with E-state index in [0.29, 0.717) is 0 Å². The average molecular weight is 311 g/mol. The van der Waals surface area contributed by atoms with E-state index in [2.05, 4.69) is 27.7 Å². The van der Waals surface area contributed by atoms with E-state index in [0.717, 1.165) is 11.8 Å². The summed E-state index contributed by atoms with van der Waals surface area (Å²) in [6.45, 7) is 9.48. The third kappa shape index (κ3) is 16.4. The first kappa shape index (κ1) is 22.0. The molecule has 0 fully saturated rings. The van der Waals surface area contributed by atoms with Gasteiger partial charge in [0.2, 0.25) is 0 Å². The van der Waals surface area contributed by atoms with Crippen molar-refractivity contribution in [3.05, 3.63) is 0 Å². The van der Waals surface area contributed by atoms with Gasteiger partial charge >= 0.3 is 0 Å². The van der Waals surface area contributed by atoms with E-state index in [4.69, 9.17) is 0 Å². The minimum absolute atomic E-state index is 0.945. The van der Waals surface area contributed by atoms with E-state index in [9.17, 15) is 0 Å². The zero-order valence-corrected chi connectivity index (χ0v) is 16.5. The maximum Gasteiger partial charge on any atom is -0.0443 e. The Balaban J connectivity index is 3.18. The van der Waals surface area contributed by atoms with Crippen LogP contribution in [0.3, 0.4) is 0 Å². The highest BCUT2D eigenvalue weighted by Crippen LogP contribution is 2.19. The standard InChI is InChI=1S/C22H46/c1-5-7-8-9-10-11-12-16-19-22(4)20-17-14-13-15-18-21(3)6-2/h21-22H,5-20H2,1-4H3. The van der Waals surface area contributed by atoms with Crippen LogP contribution in [0, 0.1) is 11.8 Å². The van der Waals surface area contributed by atoms with E-state index < -0.39 is 0 Å². The van der Waals surface area contributed by atoms with Crippen molar-refractivity contribution in [2.24, 2.45) is 11.8 Å². The SMILES string of the molecule is CCCCCCCCCCC(C)CCCCCCC(C)CC. The lowest BCUT2D eigenvalue weighted by molar-refractivity contribution is 0.422. The molecule has 0 aliphatic heterocycles. The Morgan fingerprint density at radius 3 is 1.23 bits per heavy atom. The van der Waals surface area contributed by atoms with Crippen LogP contribution in [-0.2, 0) is 0 Å². The van der Waals surface area contributed by atoms with Crippen LogP contribution < -0.4 is 0 Å². The molecule has 2 unspecified atom stereocenters. The lowest BCUT2D eigenvalue weighted by atomic mass is 9.95. The Bertz CT molecular complexity index is 196. The molecule has 0 aromatic carbocycles. The van der Waals surface area contributed by atoms with Crippen molar-refractivity contribution in [1.29, 1.82) is 0 Å². The average Bonchev–Trinajstić information content (AvgIpc) is 2.52. The molecule has 0 N–H and O–H groups in total. The number of hydrogen-bond donors (Lipinski definition) is 0. The van der Waals surface area contributed by atoms with E-state index in [1.165, 1.54) is 103 Å². The van der Waals surface area contributed by atoms with Crippen molar-refractivity contribution in [2.75, 3.05) is 0 Å². The Morgan fingerprint density at radius 2 is 0.818 bits per heavy atom. The van der Waals surface area contributed by atoms with Gasteiger partial charge < -0.3 is 0 Å². The first-order valence-electron chi connectivity index (χ1n) is 10.7. The van der Waals surface area contributed by atoms with Gasteiger partial charge in [-0.05, 0) is 11.8 Å². The second-order valence-electron chi connectivity index (χ2n) is 7.87. The van der Waals surface area contributed by atoms with Crippen LogP contribution in [0.1, 0.15) is 130 Å². The highest BCUT2D eigenvalue weighted by molar-refractivity contribution is 4.56. The Morgan fingerprint density at radius 1 is 0.455 bits per heavy atom. The first-order chi connectivity index (χ1) is 10.7. The molecule has 0 radical (unpaired) electrons. The normalized spacial score (nSPS) is 14.2. The highest BCUT2D eigenvalue weighted by Gasteiger charge is 2.03. The molecule has 0 heterocycles. The molecule has 0 heteroatoms. The van der Waals surface area contributed by atoms with Crippen molar-refractivity contribution in [3.8, 4) is 0 Å². The molecule has 0 aromatic heterocycles. The molecule has 22 heavy (non-hydrogen) atoms. The van der Waals surface area contributed by atoms with Crippen LogP contribution in [-0.4, -0.2) is 0 Å². The van der Waals surface area contributed by atoms with Crippen molar-refractivity contribution in [3.63, 3.8) is 0 Å². The molecule has 0 saturated heterocycles. The zero-order valence-electron chi connectivity index (χ0n) is 16.5. The molecule has 0 rings (SSSR count). The summed E-state index contributed by atoms with van der Waals surface area (Å²) in [6, 6.07) is 0. The van der Waals surface area contributed by atoms with Crippen molar-refractivity contribution in [2.45, 2.75) is 130 Å². The van der Waals surface area contributed by atoms with Gasteiger partial charge in [0.05, 0.1) is 0 Å². The molecular weight excluding hydrogens is 264 g/mol. The molecule has 0 aliphatic rings. The maximum atomic E-state index is 2.47. The predicted molar refractivity (Wildman–Crippen MR) is 104 cm³/mol. The quantitative estimate of drug-likeness (QED) is 0.236. The van der Waals surface area contributed by atoms with Crippen LogP contribution >= 0.6 is 0 Å². The second-order valence-corrected chi connectivity index (χ2v) is 7.87. The minimum atomic E-state index is 0.945. The second kappa shape index (κ2) is 17.4. The number of rotatable bonds is 17. The summed E-state index contributed by atoms with van der Waals surface area (Å²) >= 11 is 0. The van der Waals surface area contributed by atoms with Gasteiger partial charge in [-0.2, -0.15) is 0 Å². The molecule has 0 aromatic rings. The largest absolute Gasteiger partial charge is 0.0654 e. The lowest BCUT2D eigenvalue weighted by Gasteiger charge is -2.11. The smallest absolute Gasteiger partial charge is 0.0443 e. The number of hydrogen-bond acceptors (Lipinski definition) is 0.